The van der Waals surface area contributed by atoms with Crippen molar-refractivity contribution < 1.29 is 14.7 Å². The lowest BCUT2D eigenvalue weighted by Gasteiger charge is -2.36. The van der Waals surface area contributed by atoms with Gasteiger partial charge in [0.05, 0.1) is 5.56 Å². The van der Waals surface area contributed by atoms with Gasteiger partial charge in [-0.3, -0.25) is 19.5 Å². The van der Waals surface area contributed by atoms with Crippen molar-refractivity contribution in [3.63, 3.8) is 0 Å². The Morgan fingerprint density at radius 2 is 2.00 bits per heavy atom. The lowest BCUT2D eigenvalue weighted by Crippen LogP contribution is -2.53. The third-order valence-corrected chi connectivity index (χ3v) is 3.42. The number of nitrogens with zero attached hydrogens (tertiary/aromatic N) is 3. The molecule has 2 rings (SSSR count). The minimum Gasteiger partial charge on any atom is -0.480 e. The fourth-order valence-corrected chi connectivity index (χ4v) is 2.14. The van der Waals surface area contributed by atoms with Crippen LogP contribution < -0.4 is 0 Å². The first kappa shape index (κ1) is 13.5. The molecule has 1 aliphatic rings. The fourth-order valence-electron chi connectivity index (χ4n) is 2.14. The van der Waals surface area contributed by atoms with Gasteiger partial charge in [-0.2, -0.15) is 0 Å². The first-order chi connectivity index (χ1) is 9.09. The van der Waals surface area contributed by atoms with Crippen molar-refractivity contribution in [1.29, 1.82) is 0 Å². The van der Waals surface area contributed by atoms with Crippen LogP contribution in [0.4, 0.5) is 0 Å². The van der Waals surface area contributed by atoms with Gasteiger partial charge in [-0.1, -0.05) is 0 Å². The molecule has 0 radical (unpaired) electrons. The molecule has 0 bridgehead atoms. The summed E-state index contributed by atoms with van der Waals surface area (Å²) in [5.41, 5.74) is 0.572. The molecule has 0 aromatic carbocycles. The average molecular weight is 263 g/mol. The number of hydrogen-bond donors (Lipinski definition) is 1. The molecule has 19 heavy (non-hydrogen) atoms. The molecule has 1 aliphatic heterocycles. The van der Waals surface area contributed by atoms with Crippen LogP contribution in [0.25, 0.3) is 0 Å². The van der Waals surface area contributed by atoms with Gasteiger partial charge in [-0.25, -0.2) is 0 Å². The summed E-state index contributed by atoms with van der Waals surface area (Å²) >= 11 is 0. The van der Waals surface area contributed by atoms with E-state index in [0.717, 1.165) is 0 Å². The van der Waals surface area contributed by atoms with Gasteiger partial charge >= 0.3 is 5.97 Å². The molecule has 1 aromatic heterocycles. The Labute approximate surface area is 111 Å². The zero-order valence-electron chi connectivity index (χ0n) is 10.8. The standard InChI is InChI=1S/C13H17N3O3/c1-10(13(18)19)15-5-7-16(8-6-15)12(17)11-3-2-4-14-9-11/h2-4,9-10H,5-8H2,1H3,(H,18,19). The Kier molecular flexibility index (Phi) is 4.11. The minimum absolute atomic E-state index is 0.0456. The number of amides is 1. The third kappa shape index (κ3) is 3.08. The van der Waals surface area contributed by atoms with E-state index in [9.17, 15) is 9.59 Å². The number of pyridine rings is 1. The van der Waals surface area contributed by atoms with E-state index >= 15 is 0 Å². The van der Waals surface area contributed by atoms with Crippen LogP contribution in [0.3, 0.4) is 0 Å². The maximum atomic E-state index is 12.2. The molecule has 0 spiro atoms. The third-order valence-electron chi connectivity index (χ3n) is 3.42. The van der Waals surface area contributed by atoms with Crippen molar-refractivity contribution in [3.05, 3.63) is 30.1 Å². The van der Waals surface area contributed by atoms with Crippen molar-refractivity contribution in [2.24, 2.45) is 0 Å². The second-order valence-electron chi connectivity index (χ2n) is 4.58. The van der Waals surface area contributed by atoms with Gasteiger partial charge < -0.3 is 10.0 Å². The summed E-state index contributed by atoms with van der Waals surface area (Å²) in [6.45, 7) is 3.93. The first-order valence-electron chi connectivity index (χ1n) is 6.26. The maximum absolute atomic E-state index is 12.2. The summed E-state index contributed by atoms with van der Waals surface area (Å²) in [5, 5.41) is 8.96. The van der Waals surface area contributed by atoms with Crippen LogP contribution in [0.2, 0.25) is 0 Å². The molecule has 1 amide bonds. The van der Waals surface area contributed by atoms with Crippen LogP contribution in [-0.4, -0.2) is 64.0 Å². The SMILES string of the molecule is CC(C(=O)O)N1CCN(C(=O)c2cccnc2)CC1. The molecule has 1 unspecified atom stereocenters. The number of carbonyl (C=O) groups excluding carboxylic acids is 1. The highest BCUT2D eigenvalue weighted by Crippen LogP contribution is 2.10. The maximum Gasteiger partial charge on any atom is 0.320 e. The Bertz CT molecular complexity index is 455. The molecule has 1 N–H and O–H groups in total. The largest absolute Gasteiger partial charge is 0.480 e. The molecule has 6 nitrogen and oxygen atoms in total. The van der Waals surface area contributed by atoms with Gasteiger partial charge in [-0.15, -0.1) is 0 Å². The second-order valence-corrected chi connectivity index (χ2v) is 4.58. The highest BCUT2D eigenvalue weighted by Gasteiger charge is 2.27. The van der Waals surface area contributed by atoms with Crippen molar-refractivity contribution in [2.75, 3.05) is 26.2 Å². The number of piperazine rings is 1. The van der Waals surface area contributed by atoms with Crippen molar-refractivity contribution in [2.45, 2.75) is 13.0 Å². The van der Waals surface area contributed by atoms with Crippen LogP contribution in [-0.2, 0) is 4.79 Å². The van der Waals surface area contributed by atoms with Crippen LogP contribution in [0, 0.1) is 0 Å². The molecular weight excluding hydrogens is 246 g/mol. The lowest BCUT2D eigenvalue weighted by atomic mass is 10.2. The summed E-state index contributed by atoms with van der Waals surface area (Å²) in [4.78, 5) is 30.6. The number of hydrogen-bond acceptors (Lipinski definition) is 4. The molecule has 1 aromatic rings. The van der Waals surface area contributed by atoms with Crippen LogP contribution >= 0.6 is 0 Å². The molecule has 0 saturated carbocycles. The lowest BCUT2D eigenvalue weighted by molar-refractivity contribution is -0.143. The van der Waals surface area contributed by atoms with Gasteiger partial charge in [0, 0.05) is 38.6 Å². The number of carbonyl (C=O) groups is 2. The number of rotatable bonds is 3. The number of aromatic nitrogens is 1. The predicted octanol–water partition coefficient (Wildman–Crippen LogP) is 0.312. The van der Waals surface area contributed by atoms with Crippen molar-refractivity contribution >= 4 is 11.9 Å². The van der Waals surface area contributed by atoms with E-state index in [1.807, 2.05) is 4.90 Å². The van der Waals surface area contributed by atoms with Crippen LogP contribution in [0.5, 0.6) is 0 Å². The van der Waals surface area contributed by atoms with Gasteiger partial charge in [0.1, 0.15) is 6.04 Å². The number of aliphatic carboxylic acids is 1. The van der Waals surface area contributed by atoms with Crippen molar-refractivity contribution in [3.8, 4) is 0 Å². The monoisotopic (exact) mass is 263 g/mol. The normalized spacial score (nSPS) is 18.1. The summed E-state index contributed by atoms with van der Waals surface area (Å²) in [5.74, 6) is -0.872. The summed E-state index contributed by atoms with van der Waals surface area (Å²) in [6.07, 6.45) is 3.18. The highest BCUT2D eigenvalue weighted by molar-refractivity contribution is 5.93. The zero-order valence-corrected chi connectivity index (χ0v) is 10.8. The Morgan fingerprint density at radius 3 is 2.53 bits per heavy atom. The Hall–Kier alpha value is -1.95. The van der Waals surface area contributed by atoms with Crippen LogP contribution in [0.15, 0.2) is 24.5 Å². The van der Waals surface area contributed by atoms with Gasteiger partial charge in [-0.05, 0) is 19.1 Å². The number of carboxylic acids is 1. The van der Waals surface area contributed by atoms with E-state index in [1.54, 1.807) is 36.4 Å². The van der Waals surface area contributed by atoms with E-state index in [2.05, 4.69) is 4.98 Å². The quantitative estimate of drug-likeness (QED) is 0.849. The minimum atomic E-state index is -0.827. The summed E-state index contributed by atoms with van der Waals surface area (Å²) in [6, 6.07) is 2.97. The second kappa shape index (κ2) is 5.79. The van der Waals surface area contributed by atoms with Crippen molar-refractivity contribution in [1.82, 2.24) is 14.8 Å². The molecular formula is C13H17N3O3. The molecule has 1 atom stereocenters. The molecule has 1 fully saturated rings. The number of carboxylic acid groups (broad SMARTS) is 1. The van der Waals surface area contributed by atoms with Gasteiger partial charge in [0.15, 0.2) is 0 Å². The van der Waals surface area contributed by atoms with Gasteiger partial charge in [0.2, 0.25) is 0 Å². The molecule has 1 saturated heterocycles. The molecule has 0 aliphatic carbocycles. The average Bonchev–Trinajstić information content (AvgIpc) is 2.46. The Balaban J connectivity index is 1.93. The van der Waals surface area contributed by atoms with E-state index in [0.29, 0.717) is 31.7 Å². The summed E-state index contributed by atoms with van der Waals surface area (Å²) < 4.78 is 0. The smallest absolute Gasteiger partial charge is 0.320 e. The Morgan fingerprint density at radius 1 is 1.32 bits per heavy atom. The van der Waals surface area contributed by atoms with E-state index in [1.165, 1.54) is 0 Å². The van der Waals surface area contributed by atoms with E-state index < -0.39 is 12.0 Å². The van der Waals surface area contributed by atoms with Gasteiger partial charge in [0.25, 0.3) is 5.91 Å². The van der Waals surface area contributed by atoms with E-state index in [-0.39, 0.29) is 5.91 Å². The highest BCUT2D eigenvalue weighted by atomic mass is 16.4. The summed E-state index contributed by atoms with van der Waals surface area (Å²) in [7, 11) is 0. The fraction of sp³-hybridized carbons (Fsp3) is 0.462. The first-order valence-corrected chi connectivity index (χ1v) is 6.26. The molecule has 102 valence electrons. The van der Waals surface area contributed by atoms with Crippen LogP contribution in [0.1, 0.15) is 17.3 Å². The predicted molar refractivity (Wildman–Crippen MR) is 68.8 cm³/mol. The van der Waals surface area contributed by atoms with E-state index in [4.69, 9.17) is 5.11 Å². The molecule has 2 heterocycles. The topological polar surface area (TPSA) is 73.7 Å². The molecule has 6 heteroatoms. The zero-order chi connectivity index (χ0) is 13.8.